The van der Waals surface area contributed by atoms with Crippen molar-refractivity contribution in [1.82, 2.24) is 0 Å². The van der Waals surface area contributed by atoms with Crippen LogP contribution in [0.4, 0.5) is 0 Å². The SMILES string of the molecule is CCCCCCCC1(C)C=C(C)CC(=O)O1. The van der Waals surface area contributed by atoms with E-state index in [0.29, 0.717) is 6.42 Å². The summed E-state index contributed by atoms with van der Waals surface area (Å²) in [6, 6.07) is 0. The molecule has 0 saturated carbocycles. The zero-order chi connectivity index (χ0) is 12.0. The van der Waals surface area contributed by atoms with E-state index in [4.69, 9.17) is 4.74 Å². The molecule has 0 bridgehead atoms. The summed E-state index contributed by atoms with van der Waals surface area (Å²) in [4.78, 5) is 11.4. The number of carbonyl (C=O) groups excluding carboxylic acids is 1. The number of hydrogen-bond acceptors (Lipinski definition) is 2. The molecule has 0 aromatic rings. The number of hydrogen-bond donors (Lipinski definition) is 0. The highest BCUT2D eigenvalue weighted by molar-refractivity contribution is 5.74. The first-order valence-corrected chi connectivity index (χ1v) is 6.46. The van der Waals surface area contributed by atoms with Crippen molar-refractivity contribution < 1.29 is 9.53 Å². The van der Waals surface area contributed by atoms with E-state index < -0.39 is 0 Å². The van der Waals surface area contributed by atoms with Crippen LogP contribution in [0.15, 0.2) is 11.6 Å². The molecule has 1 heterocycles. The summed E-state index contributed by atoms with van der Waals surface area (Å²) < 4.78 is 5.44. The minimum Gasteiger partial charge on any atom is -0.455 e. The third-order valence-electron chi connectivity index (χ3n) is 3.10. The Morgan fingerprint density at radius 1 is 1.31 bits per heavy atom. The Balaban J connectivity index is 2.34. The van der Waals surface area contributed by atoms with Crippen LogP contribution in [-0.4, -0.2) is 11.6 Å². The third kappa shape index (κ3) is 4.38. The van der Waals surface area contributed by atoms with Crippen LogP contribution in [0.5, 0.6) is 0 Å². The maximum atomic E-state index is 11.4. The molecule has 0 saturated heterocycles. The van der Waals surface area contributed by atoms with Crippen molar-refractivity contribution in [1.29, 1.82) is 0 Å². The van der Waals surface area contributed by atoms with Gasteiger partial charge in [-0.05, 0) is 32.8 Å². The highest BCUT2D eigenvalue weighted by Crippen LogP contribution is 2.28. The summed E-state index contributed by atoms with van der Waals surface area (Å²) in [7, 11) is 0. The van der Waals surface area contributed by atoms with Crippen LogP contribution in [0.1, 0.15) is 65.7 Å². The Hall–Kier alpha value is -0.790. The molecule has 1 rings (SSSR count). The van der Waals surface area contributed by atoms with Gasteiger partial charge in [0.15, 0.2) is 0 Å². The molecule has 0 radical (unpaired) electrons. The number of ether oxygens (including phenoxy) is 1. The fraction of sp³-hybridized carbons (Fsp3) is 0.786. The van der Waals surface area contributed by atoms with Gasteiger partial charge in [0.1, 0.15) is 5.60 Å². The molecule has 1 unspecified atom stereocenters. The maximum absolute atomic E-state index is 11.4. The molecule has 1 aliphatic heterocycles. The largest absolute Gasteiger partial charge is 0.455 e. The van der Waals surface area contributed by atoms with Crippen LogP contribution in [0.3, 0.4) is 0 Å². The third-order valence-corrected chi connectivity index (χ3v) is 3.10. The van der Waals surface area contributed by atoms with Gasteiger partial charge in [-0.25, -0.2) is 0 Å². The first-order chi connectivity index (χ1) is 7.56. The van der Waals surface area contributed by atoms with Crippen molar-refractivity contribution in [2.45, 2.75) is 71.3 Å². The Morgan fingerprint density at radius 2 is 2.00 bits per heavy atom. The molecule has 0 fully saturated rings. The molecular weight excluding hydrogens is 200 g/mol. The summed E-state index contributed by atoms with van der Waals surface area (Å²) in [5.74, 6) is -0.0731. The summed E-state index contributed by atoms with van der Waals surface area (Å²) in [6.07, 6.45) is 9.81. The molecule has 0 amide bonds. The summed E-state index contributed by atoms with van der Waals surface area (Å²) >= 11 is 0. The Morgan fingerprint density at radius 3 is 2.62 bits per heavy atom. The standard InChI is InChI=1S/C14H24O2/c1-4-5-6-7-8-9-14(3)11-12(2)10-13(15)16-14/h11H,4-10H2,1-3H3. The Kier molecular flexibility index (Phi) is 5.04. The van der Waals surface area contributed by atoms with Gasteiger partial charge in [-0.15, -0.1) is 0 Å². The molecule has 1 aliphatic rings. The Bertz CT molecular complexity index is 268. The maximum Gasteiger partial charge on any atom is 0.310 e. The molecule has 0 aliphatic carbocycles. The second-order valence-electron chi connectivity index (χ2n) is 5.12. The van der Waals surface area contributed by atoms with Crippen LogP contribution in [0.2, 0.25) is 0 Å². The zero-order valence-electron chi connectivity index (χ0n) is 10.8. The lowest BCUT2D eigenvalue weighted by atomic mass is 9.92. The topological polar surface area (TPSA) is 26.3 Å². The van der Waals surface area contributed by atoms with Gasteiger partial charge < -0.3 is 4.74 Å². The highest BCUT2D eigenvalue weighted by atomic mass is 16.6. The van der Waals surface area contributed by atoms with Gasteiger partial charge in [0.05, 0.1) is 6.42 Å². The van der Waals surface area contributed by atoms with Crippen molar-refractivity contribution in [3.8, 4) is 0 Å². The smallest absolute Gasteiger partial charge is 0.310 e. The van der Waals surface area contributed by atoms with Gasteiger partial charge in [0.25, 0.3) is 0 Å². The van der Waals surface area contributed by atoms with Crippen LogP contribution in [0, 0.1) is 0 Å². The van der Waals surface area contributed by atoms with E-state index in [0.717, 1.165) is 18.4 Å². The van der Waals surface area contributed by atoms with Crippen LogP contribution in [0.25, 0.3) is 0 Å². The second-order valence-corrected chi connectivity index (χ2v) is 5.12. The van der Waals surface area contributed by atoms with Crippen molar-refractivity contribution >= 4 is 5.97 Å². The molecule has 1 atom stereocenters. The van der Waals surface area contributed by atoms with Gasteiger partial charge >= 0.3 is 5.97 Å². The molecule has 2 nitrogen and oxygen atoms in total. The van der Waals surface area contributed by atoms with E-state index in [-0.39, 0.29) is 11.6 Å². The first-order valence-electron chi connectivity index (χ1n) is 6.46. The molecule has 0 aromatic heterocycles. The van der Waals surface area contributed by atoms with Crippen molar-refractivity contribution in [2.75, 3.05) is 0 Å². The fourth-order valence-electron chi connectivity index (χ4n) is 2.33. The van der Waals surface area contributed by atoms with E-state index >= 15 is 0 Å². The molecule has 0 N–H and O–H groups in total. The number of cyclic esters (lactones) is 1. The average molecular weight is 224 g/mol. The number of esters is 1. The lowest BCUT2D eigenvalue weighted by Gasteiger charge is -2.30. The summed E-state index contributed by atoms with van der Waals surface area (Å²) in [6.45, 7) is 6.25. The predicted molar refractivity (Wildman–Crippen MR) is 66.2 cm³/mol. The summed E-state index contributed by atoms with van der Waals surface area (Å²) in [5, 5.41) is 0. The van der Waals surface area contributed by atoms with Crippen LogP contribution in [-0.2, 0) is 9.53 Å². The minimum absolute atomic E-state index is 0.0731. The quantitative estimate of drug-likeness (QED) is 0.387. The molecule has 0 aromatic carbocycles. The van der Waals surface area contributed by atoms with Gasteiger partial charge in [0.2, 0.25) is 0 Å². The van der Waals surface area contributed by atoms with Crippen molar-refractivity contribution in [2.24, 2.45) is 0 Å². The predicted octanol–water partition coefficient (Wildman–Crippen LogP) is 4.00. The van der Waals surface area contributed by atoms with E-state index in [1.807, 2.05) is 13.8 Å². The number of rotatable bonds is 6. The first kappa shape index (κ1) is 13.3. The molecule has 92 valence electrons. The van der Waals surface area contributed by atoms with Crippen LogP contribution >= 0.6 is 0 Å². The normalized spacial score (nSPS) is 25.2. The van der Waals surface area contributed by atoms with Gasteiger partial charge in [-0.3, -0.25) is 4.79 Å². The van der Waals surface area contributed by atoms with E-state index in [2.05, 4.69) is 13.0 Å². The lowest BCUT2D eigenvalue weighted by Crippen LogP contribution is -2.33. The molecular formula is C14H24O2. The Labute approximate surface area is 99.1 Å². The number of carbonyl (C=O) groups is 1. The highest BCUT2D eigenvalue weighted by Gasteiger charge is 2.29. The summed E-state index contributed by atoms with van der Waals surface area (Å²) in [5.41, 5.74) is 0.804. The molecule has 16 heavy (non-hydrogen) atoms. The average Bonchev–Trinajstić information content (AvgIpc) is 2.15. The van der Waals surface area contributed by atoms with E-state index in [1.54, 1.807) is 0 Å². The lowest BCUT2D eigenvalue weighted by molar-refractivity contribution is -0.155. The monoisotopic (exact) mass is 224 g/mol. The van der Waals surface area contributed by atoms with Crippen molar-refractivity contribution in [3.05, 3.63) is 11.6 Å². The second kappa shape index (κ2) is 6.07. The van der Waals surface area contributed by atoms with E-state index in [1.165, 1.54) is 25.7 Å². The zero-order valence-corrected chi connectivity index (χ0v) is 10.8. The van der Waals surface area contributed by atoms with Gasteiger partial charge in [-0.2, -0.15) is 0 Å². The van der Waals surface area contributed by atoms with Gasteiger partial charge in [-0.1, -0.05) is 38.2 Å². The molecule has 0 spiro atoms. The van der Waals surface area contributed by atoms with Crippen molar-refractivity contribution in [3.63, 3.8) is 0 Å². The van der Waals surface area contributed by atoms with Gasteiger partial charge in [0, 0.05) is 0 Å². The van der Waals surface area contributed by atoms with E-state index in [9.17, 15) is 4.79 Å². The molecule has 2 heteroatoms. The minimum atomic E-state index is -0.342. The fourth-order valence-corrected chi connectivity index (χ4v) is 2.33. The van der Waals surface area contributed by atoms with Crippen LogP contribution < -0.4 is 0 Å². The number of unbranched alkanes of at least 4 members (excludes halogenated alkanes) is 4.